The standard InChI is InChI=1S/C20H22N4O5S2/c1-3-23-13(2)19(30-20(23)27)31(28,29)24-10-15-9-22(11-17(15)21-24)18(26)16(12-25)14-7-5-4-6-8-14/h4-8,10,16,25H,3,9,11-12H2,1-2H3/t16-/m1/s1. The second kappa shape index (κ2) is 8.06. The molecule has 2 aromatic heterocycles. The Kier molecular flexibility index (Phi) is 5.58. The number of benzene rings is 1. The largest absolute Gasteiger partial charge is 0.395 e. The predicted molar refractivity (Wildman–Crippen MR) is 114 cm³/mol. The van der Waals surface area contributed by atoms with Crippen molar-refractivity contribution in [3.05, 3.63) is 68.7 Å². The van der Waals surface area contributed by atoms with Gasteiger partial charge in [-0.3, -0.25) is 9.59 Å². The lowest BCUT2D eigenvalue weighted by molar-refractivity contribution is -0.134. The van der Waals surface area contributed by atoms with Crippen LogP contribution in [0.5, 0.6) is 0 Å². The van der Waals surface area contributed by atoms with Gasteiger partial charge in [0.2, 0.25) is 5.91 Å². The van der Waals surface area contributed by atoms with Crippen molar-refractivity contribution in [2.75, 3.05) is 6.61 Å². The molecule has 3 heterocycles. The molecule has 11 heteroatoms. The number of hydrogen-bond donors (Lipinski definition) is 1. The number of carbonyl (C=O) groups is 1. The van der Waals surface area contributed by atoms with Crippen molar-refractivity contribution in [1.29, 1.82) is 0 Å². The summed E-state index contributed by atoms with van der Waals surface area (Å²) in [5.41, 5.74) is 2.22. The quantitative estimate of drug-likeness (QED) is 0.590. The summed E-state index contributed by atoms with van der Waals surface area (Å²) in [6.45, 7) is 3.81. The summed E-state index contributed by atoms with van der Waals surface area (Å²) < 4.78 is 28.4. The molecule has 1 atom stereocenters. The maximum atomic E-state index is 13.0. The van der Waals surface area contributed by atoms with E-state index in [1.54, 1.807) is 43.0 Å². The van der Waals surface area contributed by atoms with E-state index in [1.165, 1.54) is 10.8 Å². The monoisotopic (exact) mass is 462 g/mol. The van der Waals surface area contributed by atoms with Crippen LogP contribution in [-0.4, -0.2) is 44.7 Å². The lowest BCUT2D eigenvalue weighted by Gasteiger charge is -2.22. The smallest absolute Gasteiger partial charge is 0.308 e. The van der Waals surface area contributed by atoms with Crippen molar-refractivity contribution in [2.45, 2.75) is 43.6 Å². The van der Waals surface area contributed by atoms with Gasteiger partial charge in [-0.2, -0.15) is 17.6 Å². The number of thiazole rings is 1. The zero-order chi connectivity index (χ0) is 22.3. The fraction of sp³-hybridized carbons (Fsp3) is 0.350. The molecule has 1 aliphatic rings. The van der Waals surface area contributed by atoms with E-state index in [0.29, 0.717) is 34.8 Å². The maximum absolute atomic E-state index is 13.0. The molecule has 0 bridgehead atoms. The van der Waals surface area contributed by atoms with E-state index in [2.05, 4.69) is 5.10 Å². The summed E-state index contributed by atoms with van der Waals surface area (Å²) in [4.78, 5) is 26.2. The van der Waals surface area contributed by atoms with Crippen molar-refractivity contribution in [3.8, 4) is 0 Å². The van der Waals surface area contributed by atoms with Crippen LogP contribution >= 0.6 is 11.3 Å². The number of hydrogen-bond acceptors (Lipinski definition) is 7. The highest BCUT2D eigenvalue weighted by Gasteiger charge is 2.34. The molecule has 1 amide bonds. The number of amides is 1. The molecule has 0 radical (unpaired) electrons. The van der Waals surface area contributed by atoms with Crippen LogP contribution in [-0.2, 0) is 34.5 Å². The van der Waals surface area contributed by atoms with Crippen molar-refractivity contribution < 1.29 is 18.3 Å². The average molecular weight is 463 g/mol. The van der Waals surface area contributed by atoms with Crippen molar-refractivity contribution in [3.63, 3.8) is 0 Å². The maximum Gasteiger partial charge on any atom is 0.308 e. The minimum atomic E-state index is -4.00. The van der Waals surface area contributed by atoms with Crippen LogP contribution in [0, 0.1) is 6.92 Å². The first kappa shape index (κ1) is 21.5. The average Bonchev–Trinajstić information content (AvgIpc) is 3.41. The van der Waals surface area contributed by atoms with Crippen LogP contribution in [0.1, 0.15) is 35.4 Å². The number of fused-ring (bicyclic) bond motifs is 1. The lowest BCUT2D eigenvalue weighted by atomic mass is 9.98. The molecule has 4 rings (SSSR count). The molecule has 9 nitrogen and oxygen atoms in total. The zero-order valence-electron chi connectivity index (χ0n) is 17.1. The second-order valence-electron chi connectivity index (χ2n) is 7.30. The predicted octanol–water partition coefficient (Wildman–Crippen LogP) is 1.29. The van der Waals surface area contributed by atoms with Gasteiger partial charge in [-0.05, 0) is 19.4 Å². The minimum absolute atomic E-state index is 0.0297. The molecule has 0 saturated heterocycles. The molecule has 0 unspecified atom stereocenters. The van der Waals surface area contributed by atoms with Crippen LogP contribution in [0.4, 0.5) is 0 Å². The van der Waals surface area contributed by atoms with E-state index >= 15 is 0 Å². The van der Waals surface area contributed by atoms with E-state index in [9.17, 15) is 23.1 Å². The summed E-state index contributed by atoms with van der Waals surface area (Å²) in [7, 11) is -4.00. The fourth-order valence-electron chi connectivity index (χ4n) is 3.78. The van der Waals surface area contributed by atoms with E-state index in [0.717, 1.165) is 9.65 Å². The third-order valence-electron chi connectivity index (χ3n) is 5.45. The van der Waals surface area contributed by atoms with Gasteiger partial charge in [-0.15, -0.1) is 0 Å². The Morgan fingerprint density at radius 3 is 2.55 bits per heavy atom. The number of aliphatic hydroxyl groups is 1. The van der Waals surface area contributed by atoms with Crippen molar-refractivity contribution in [2.24, 2.45) is 0 Å². The number of aromatic nitrogens is 3. The molecule has 1 N–H and O–H groups in total. The SMILES string of the molecule is CCn1c(C)c(S(=O)(=O)n2cc3c(n2)CN(C(=O)[C@H](CO)c2ccccc2)C3)sc1=O. The molecule has 31 heavy (non-hydrogen) atoms. The Labute approximate surface area is 183 Å². The van der Waals surface area contributed by atoms with Crippen molar-refractivity contribution in [1.82, 2.24) is 18.7 Å². The van der Waals surface area contributed by atoms with Gasteiger partial charge in [0.15, 0.2) is 4.21 Å². The number of aliphatic hydroxyl groups excluding tert-OH is 1. The first-order valence-electron chi connectivity index (χ1n) is 9.75. The highest BCUT2D eigenvalue weighted by molar-refractivity contribution is 7.91. The Morgan fingerprint density at radius 1 is 1.26 bits per heavy atom. The molecular weight excluding hydrogens is 440 g/mol. The summed E-state index contributed by atoms with van der Waals surface area (Å²) in [5, 5.41) is 14.0. The topological polar surface area (TPSA) is 114 Å². The molecule has 1 aliphatic heterocycles. The zero-order valence-corrected chi connectivity index (χ0v) is 18.7. The Hall–Kier alpha value is -2.76. The van der Waals surface area contributed by atoms with Crippen molar-refractivity contribution >= 4 is 27.3 Å². The first-order valence-corrected chi connectivity index (χ1v) is 12.0. The molecule has 0 aliphatic carbocycles. The fourth-order valence-corrected chi connectivity index (χ4v) is 6.57. The van der Waals surface area contributed by atoms with Gasteiger partial charge >= 0.3 is 4.87 Å². The van der Waals surface area contributed by atoms with Gasteiger partial charge in [0.05, 0.1) is 24.8 Å². The van der Waals surface area contributed by atoms with Crippen LogP contribution < -0.4 is 4.87 Å². The van der Waals surface area contributed by atoms with Crippen LogP contribution in [0.3, 0.4) is 0 Å². The highest BCUT2D eigenvalue weighted by atomic mass is 32.2. The molecule has 1 aromatic carbocycles. The van der Waals surface area contributed by atoms with Gasteiger partial charge in [0.1, 0.15) is 0 Å². The molecule has 0 spiro atoms. The summed E-state index contributed by atoms with van der Waals surface area (Å²) in [6, 6.07) is 9.03. The van der Waals surface area contributed by atoms with Gasteiger partial charge in [0, 0.05) is 30.5 Å². The minimum Gasteiger partial charge on any atom is -0.395 e. The highest BCUT2D eigenvalue weighted by Crippen LogP contribution is 2.28. The summed E-state index contributed by atoms with van der Waals surface area (Å²) in [6.07, 6.45) is 1.40. The number of rotatable bonds is 6. The van der Waals surface area contributed by atoms with Crippen LogP contribution in [0.15, 0.2) is 45.5 Å². The molecule has 164 valence electrons. The Balaban J connectivity index is 1.58. The van der Waals surface area contributed by atoms with Crippen LogP contribution in [0.25, 0.3) is 0 Å². The van der Waals surface area contributed by atoms with Gasteiger partial charge in [0.25, 0.3) is 10.0 Å². The number of nitrogens with zero attached hydrogens (tertiary/aromatic N) is 4. The lowest BCUT2D eigenvalue weighted by Crippen LogP contribution is -2.33. The Bertz CT molecular complexity index is 1270. The van der Waals surface area contributed by atoms with Gasteiger partial charge in [-0.1, -0.05) is 41.7 Å². The van der Waals surface area contributed by atoms with E-state index in [4.69, 9.17) is 0 Å². The molecular formula is C20H22N4O5S2. The first-order chi connectivity index (χ1) is 14.8. The third kappa shape index (κ3) is 3.62. The van der Waals surface area contributed by atoms with E-state index in [1.807, 2.05) is 6.07 Å². The molecule has 0 fully saturated rings. The van der Waals surface area contributed by atoms with Gasteiger partial charge < -0.3 is 14.6 Å². The van der Waals surface area contributed by atoms with E-state index in [-0.39, 0.29) is 34.7 Å². The number of carbonyl (C=O) groups excluding carboxylic acids is 1. The van der Waals surface area contributed by atoms with E-state index < -0.39 is 15.9 Å². The molecule has 0 saturated carbocycles. The summed E-state index contributed by atoms with van der Waals surface area (Å²) >= 11 is 0.684. The normalized spacial score (nSPS) is 14.6. The third-order valence-corrected chi connectivity index (χ3v) is 8.65. The molecule has 3 aromatic rings. The Morgan fingerprint density at radius 2 is 1.97 bits per heavy atom. The van der Waals surface area contributed by atoms with Crippen LogP contribution in [0.2, 0.25) is 0 Å². The second-order valence-corrected chi connectivity index (χ2v) is 10.3. The van der Waals surface area contributed by atoms with Gasteiger partial charge in [-0.25, -0.2) is 0 Å². The summed E-state index contributed by atoms with van der Waals surface area (Å²) in [5.74, 6) is -0.926.